The maximum atomic E-state index is 13.1. The molecule has 0 aliphatic heterocycles. The minimum Gasteiger partial charge on any atom is -0.480 e. The molecule has 0 radical (unpaired) electrons. The van der Waals surface area contributed by atoms with Crippen molar-refractivity contribution in [2.24, 2.45) is 11.7 Å². The molecule has 0 spiro atoms. The highest BCUT2D eigenvalue weighted by atomic mass is 31.2. The van der Waals surface area contributed by atoms with Crippen molar-refractivity contribution in [3.05, 3.63) is 96.1 Å². The van der Waals surface area contributed by atoms with Crippen molar-refractivity contribution in [3.63, 3.8) is 0 Å². The van der Waals surface area contributed by atoms with Gasteiger partial charge in [0.15, 0.2) is 0 Å². The third-order valence-corrected chi connectivity index (χ3v) is 7.97. The van der Waals surface area contributed by atoms with Crippen LogP contribution in [0.3, 0.4) is 0 Å². The standard InChI is InChI=1S/C28H31N2O6P/c29-26(31)18-25(28(33)34)30-27(32)24(19-37(35,36)16-15-20-7-3-1-4-8-20)17-21-11-13-23(14-12-21)22-9-5-2-6-10-22/h1-14,24-25H,15-19H2,(H2,29,31)(H,30,32)(H,33,34)(H,35,36)/t24?,25-/m0/s1. The van der Waals surface area contributed by atoms with Crippen molar-refractivity contribution >= 4 is 25.2 Å². The number of aliphatic carboxylic acids is 1. The normalized spacial score (nSPS) is 14.2. The number of primary amides is 1. The zero-order valence-electron chi connectivity index (χ0n) is 20.3. The highest BCUT2D eigenvalue weighted by Crippen LogP contribution is 2.43. The summed E-state index contributed by atoms with van der Waals surface area (Å²) < 4.78 is 13.1. The molecule has 0 bridgehead atoms. The molecule has 37 heavy (non-hydrogen) atoms. The van der Waals surface area contributed by atoms with Gasteiger partial charge in [-0.3, -0.25) is 14.2 Å². The molecule has 2 unspecified atom stereocenters. The Morgan fingerprint density at radius 1 is 0.838 bits per heavy atom. The summed E-state index contributed by atoms with van der Waals surface area (Å²) in [6.45, 7) is 0. The van der Waals surface area contributed by atoms with E-state index in [1.807, 2.05) is 84.9 Å². The first-order valence-electron chi connectivity index (χ1n) is 11.9. The van der Waals surface area contributed by atoms with E-state index < -0.39 is 43.5 Å². The Hall–Kier alpha value is -3.74. The Labute approximate surface area is 216 Å². The highest BCUT2D eigenvalue weighted by molar-refractivity contribution is 7.58. The van der Waals surface area contributed by atoms with Crippen molar-refractivity contribution in [2.75, 3.05) is 12.3 Å². The van der Waals surface area contributed by atoms with Gasteiger partial charge in [-0.05, 0) is 35.1 Å². The van der Waals surface area contributed by atoms with Crippen molar-refractivity contribution < 1.29 is 28.9 Å². The van der Waals surface area contributed by atoms with Gasteiger partial charge in [0.2, 0.25) is 19.2 Å². The van der Waals surface area contributed by atoms with Crippen molar-refractivity contribution in [3.8, 4) is 11.1 Å². The van der Waals surface area contributed by atoms with Gasteiger partial charge < -0.3 is 21.1 Å². The van der Waals surface area contributed by atoms with Gasteiger partial charge >= 0.3 is 5.97 Å². The molecular weight excluding hydrogens is 491 g/mol. The fraction of sp³-hybridized carbons (Fsp3) is 0.250. The molecule has 3 aromatic rings. The van der Waals surface area contributed by atoms with Gasteiger partial charge in [-0.25, -0.2) is 4.79 Å². The molecule has 0 saturated heterocycles. The fourth-order valence-electron chi connectivity index (χ4n) is 4.06. The Balaban J connectivity index is 1.78. The second-order valence-corrected chi connectivity index (χ2v) is 11.5. The average molecular weight is 523 g/mol. The van der Waals surface area contributed by atoms with Crippen LogP contribution >= 0.6 is 7.37 Å². The Bertz CT molecular complexity index is 1250. The molecule has 0 saturated carbocycles. The second-order valence-electron chi connectivity index (χ2n) is 9.02. The number of rotatable bonds is 13. The van der Waals surface area contributed by atoms with Crippen LogP contribution in [0.5, 0.6) is 0 Å². The summed E-state index contributed by atoms with van der Waals surface area (Å²) in [6.07, 6.45) is -0.426. The molecule has 0 heterocycles. The van der Waals surface area contributed by atoms with Crippen LogP contribution in [0.25, 0.3) is 11.1 Å². The van der Waals surface area contributed by atoms with E-state index in [0.29, 0.717) is 6.42 Å². The summed E-state index contributed by atoms with van der Waals surface area (Å²) in [5.41, 5.74) is 8.79. The van der Waals surface area contributed by atoms with Crippen molar-refractivity contribution in [2.45, 2.75) is 25.3 Å². The highest BCUT2D eigenvalue weighted by Gasteiger charge is 2.32. The first kappa shape index (κ1) is 27.8. The maximum absolute atomic E-state index is 13.1. The summed E-state index contributed by atoms with van der Waals surface area (Å²) in [7, 11) is -3.76. The number of carbonyl (C=O) groups is 3. The van der Waals surface area contributed by atoms with Crippen LogP contribution in [-0.4, -0.2) is 46.1 Å². The van der Waals surface area contributed by atoms with Gasteiger partial charge in [-0.2, -0.15) is 0 Å². The monoisotopic (exact) mass is 522 g/mol. The molecule has 3 aromatic carbocycles. The number of aryl methyl sites for hydroxylation is 1. The molecule has 0 aliphatic carbocycles. The first-order valence-corrected chi connectivity index (χ1v) is 14.0. The number of amides is 2. The lowest BCUT2D eigenvalue weighted by Crippen LogP contribution is -2.46. The van der Waals surface area contributed by atoms with Crippen molar-refractivity contribution in [1.29, 1.82) is 0 Å². The maximum Gasteiger partial charge on any atom is 0.326 e. The lowest BCUT2D eigenvalue weighted by atomic mass is 9.97. The zero-order chi connectivity index (χ0) is 26.8. The molecule has 0 aliphatic rings. The van der Waals surface area contributed by atoms with Gasteiger partial charge in [0.25, 0.3) is 0 Å². The largest absolute Gasteiger partial charge is 0.480 e. The molecule has 9 heteroatoms. The third kappa shape index (κ3) is 9.01. The van der Waals surface area contributed by atoms with E-state index in [9.17, 15) is 28.9 Å². The van der Waals surface area contributed by atoms with Crippen molar-refractivity contribution in [1.82, 2.24) is 5.32 Å². The number of carboxylic acid groups (broad SMARTS) is 1. The van der Waals surface area contributed by atoms with E-state index in [0.717, 1.165) is 22.3 Å². The Morgan fingerprint density at radius 3 is 1.97 bits per heavy atom. The molecule has 2 amide bonds. The van der Waals surface area contributed by atoms with E-state index in [-0.39, 0.29) is 18.7 Å². The van der Waals surface area contributed by atoms with Gasteiger partial charge in [0, 0.05) is 12.3 Å². The smallest absolute Gasteiger partial charge is 0.326 e. The van der Waals surface area contributed by atoms with E-state index in [1.54, 1.807) is 0 Å². The first-order chi connectivity index (χ1) is 17.6. The predicted molar refractivity (Wildman–Crippen MR) is 142 cm³/mol. The van der Waals surface area contributed by atoms with Crippen LogP contribution in [-0.2, 0) is 31.8 Å². The number of carboxylic acids is 1. The van der Waals surface area contributed by atoms with Crippen LogP contribution in [0.15, 0.2) is 84.9 Å². The molecule has 8 nitrogen and oxygen atoms in total. The topological polar surface area (TPSA) is 147 Å². The van der Waals surface area contributed by atoms with E-state index in [1.165, 1.54) is 0 Å². The molecule has 0 fully saturated rings. The molecular formula is C28H31N2O6P. The van der Waals surface area contributed by atoms with E-state index in [2.05, 4.69) is 5.32 Å². The zero-order valence-corrected chi connectivity index (χ0v) is 21.2. The average Bonchev–Trinajstić information content (AvgIpc) is 2.88. The minimum absolute atomic E-state index is 0.0165. The summed E-state index contributed by atoms with van der Waals surface area (Å²) in [4.78, 5) is 46.7. The Kier molecular flexibility index (Phi) is 9.78. The SMILES string of the molecule is NC(=O)C[C@H](NC(=O)C(Cc1ccc(-c2ccccc2)cc1)CP(=O)(O)CCc1ccccc1)C(=O)O. The van der Waals surface area contributed by atoms with Crippen LogP contribution in [0, 0.1) is 5.92 Å². The van der Waals surface area contributed by atoms with Gasteiger partial charge in [-0.15, -0.1) is 0 Å². The Morgan fingerprint density at radius 2 is 1.41 bits per heavy atom. The van der Waals surface area contributed by atoms with Crippen LogP contribution in [0.1, 0.15) is 17.5 Å². The van der Waals surface area contributed by atoms with E-state index in [4.69, 9.17) is 5.73 Å². The number of carbonyl (C=O) groups excluding carboxylic acids is 2. The van der Waals surface area contributed by atoms with Crippen LogP contribution in [0.4, 0.5) is 0 Å². The number of nitrogens with one attached hydrogen (secondary N) is 1. The third-order valence-electron chi connectivity index (χ3n) is 6.03. The fourth-order valence-corrected chi connectivity index (χ4v) is 5.84. The summed E-state index contributed by atoms with van der Waals surface area (Å²) in [5, 5.41) is 11.7. The molecule has 194 valence electrons. The van der Waals surface area contributed by atoms with Gasteiger partial charge in [0.1, 0.15) is 6.04 Å². The summed E-state index contributed by atoms with van der Waals surface area (Å²) >= 11 is 0. The number of hydrogen-bond donors (Lipinski definition) is 4. The van der Waals surface area contributed by atoms with Crippen LogP contribution in [0.2, 0.25) is 0 Å². The quantitative estimate of drug-likeness (QED) is 0.253. The molecule has 0 aromatic heterocycles. The molecule has 3 rings (SSSR count). The molecule has 5 N–H and O–H groups in total. The molecule has 3 atom stereocenters. The lowest BCUT2D eigenvalue weighted by Gasteiger charge is -2.22. The van der Waals surface area contributed by atoms with Gasteiger partial charge in [0.05, 0.1) is 12.3 Å². The van der Waals surface area contributed by atoms with E-state index >= 15 is 0 Å². The number of benzene rings is 3. The second kappa shape index (κ2) is 13.0. The van der Waals surface area contributed by atoms with Gasteiger partial charge in [-0.1, -0.05) is 84.9 Å². The number of hydrogen-bond acceptors (Lipinski definition) is 4. The summed E-state index contributed by atoms with van der Waals surface area (Å²) in [6, 6.07) is 25.0. The summed E-state index contributed by atoms with van der Waals surface area (Å²) in [5.74, 6) is -3.98. The number of nitrogens with two attached hydrogens (primary N) is 1. The lowest BCUT2D eigenvalue weighted by molar-refractivity contribution is -0.143. The predicted octanol–water partition coefficient (Wildman–Crippen LogP) is 3.47. The van der Waals surface area contributed by atoms with Crippen LogP contribution < -0.4 is 11.1 Å². The minimum atomic E-state index is -3.76.